The van der Waals surface area contributed by atoms with Gasteiger partial charge >= 0.3 is 0 Å². The molecule has 0 aromatic carbocycles. The molecule has 1 aliphatic rings. The van der Waals surface area contributed by atoms with Crippen LogP contribution in [0.25, 0.3) is 0 Å². The third kappa shape index (κ3) is 2.87. The zero-order valence-electron chi connectivity index (χ0n) is 13.0. The Labute approximate surface area is 124 Å². The van der Waals surface area contributed by atoms with Gasteiger partial charge in [-0.3, -0.25) is 4.90 Å². The van der Waals surface area contributed by atoms with Crippen LogP contribution in [0, 0.1) is 20.8 Å². The summed E-state index contributed by atoms with van der Waals surface area (Å²) in [7, 11) is 1.76. The lowest BCUT2D eigenvalue weighted by Gasteiger charge is -2.20. The summed E-state index contributed by atoms with van der Waals surface area (Å²) in [5.74, 6) is 2.59. The highest BCUT2D eigenvalue weighted by atomic mass is 16.5. The molecule has 0 saturated carbocycles. The van der Waals surface area contributed by atoms with Crippen molar-refractivity contribution >= 4 is 0 Å². The van der Waals surface area contributed by atoms with Gasteiger partial charge in [-0.1, -0.05) is 0 Å². The first-order valence-corrected chi connectivity index (χ1v) is 7.28. The lowest BCUT2D eigenvalue weighted by Crippen LogP contribution is -2.25. The molecule has 2 aromatic heterocycles. The molecule has 1 fully saturated rings. The second kappa shape index (κ2) is 5.61. The van der Waals surface area contributed by atoms with Crippen molar-refractivity contribution in [2.45, 2.75) is 45.9 Å². The van der Waals surface area contributed by atoms with E-state index in [1.807, 2.05) is 13.8 Å². The number of hydrogen-bond donors (Lipinski definition) is 1. The number of nitrogens with zero attached hydrogens (tertiary/aromatic N) is 3. The second-order valence-electron chi connectivity index (χ2n) is 5.74. The molecule has 3 rings (SSSR count). The fourth-order valence-corrected chi connectivity index (χ4v) is 2.87. The molecule has 0 amide bonds. The van der Waals surface area contributed by atoms with Crippen LogP contribution in [0.15, 0.2) is 10.6 Å². The van der Waals surface area contributed by atoms with E-state index in [0.717, 1.165) is 41.8 Å². The SMILES string of the molecule is CO[C@@H]1C[C@@H](c2nc(C)c(C)[nH]2)N(Cc2ncc(C)o2)C1. The van der Waals surface area contributed by atoms with Crippen LogP contribution in [0.5, 0.6) is 0 Å². The van der Waals surface area contributed by atoms with Crippen molar-refractivity contribution in [2.24, 2.45) is 0 Å². The minimum Gasteiger partial charge on any atom is -0.445 e. The van der Waals surface area contributed by atoms with Crippen LogP contribution >= 0.6 is 0 Å². The van der Waals surface area contributed by atoms with Crippen LogP contribution in [0.2, 0.25) is 0 Å². The van der Waals surface area contributed by atoms with Crippen LogP contribution in [0.3, 0.4) is 0 Å². The third-order valence-corrected chi connectivity index (χ3v) is 4.17. The molecule has 114 valence electrons. The molecule has 6 nitrogen and oxygen atoms in total. The molecular weight excluding hydrogens is 268 g/mol. The number of aromatic nitrogens is 3. The summed E-state index contributed by atoms with van der Waals surface area (Å²) in [5, 5.41) is 0. The van der Waals surface area contributed by atoms with Crippen molar-refractivity contribution in [3.63, 3.8) is 0 Å². The van der Waals surface area contributed by atoms with E-state index in [0.29, 0.717) is 6.54 Å². The number of hydrogen-bond acceptors (Lipinski definition) is 5. The number of methoxy groups -OCH3 is 1. The van der Waals surface area contributed by atoms with E-state index in [9.17, 15) is 0 Å². The van der Waals surface area contributed by atoms with Gasteiger partial charge in [-0.2, -0.15) is 0 Å². The van der Waals surface area contributed by atoms with Crippen molar-refractivity contribution in [2.75, 3.05) is 13.7 Å². The lowest BCUT2D eigenvalue weighted by atomic mass is 10.2. The van der Waals surface area contributed by atoms with Gasteiger partial charge in [0, 0.05) is 19.3 Å². The van der Waals surface area contributed by atoms with E-state index in [-0.39, 0.29) is 12.1 Å². The third-order valence-electron chi connectivity index (χ3n) is 4.17. The summed E-state index contributed by atoms with van der Waals surface area (Å²) in [6.45, 7) is 7.53. The highest BCUT2D eigenvalue weighted by molar-refractivity contribution is 5.14. The monoisotopic (exact) mass is 290 g/mol. The normalized spacial score (nSPS) is 23.0. The Morgan fingerprint density at radius 2 is 2.24 bits per heavy atom. The Kier molecular flexibility index (Phi) is 3.82. The Morgan fingerprint density at radius 1 is 1.43 bits per heavy atom. The Bertz CT molecular complexity index is 599. The fraction of sp³-hybridized carbons (Fsp3) is 0.600. The molecule has 0 spiro atoms. The van der Waals surface area contributed by atoms with E-state index in [4.69, 9.17) is 9.15 Å². The van der Waals surface area contributed by atoms with Gasteiger partial charge in [0.2, 0.25) is 5.89 Å². The average molecular weight is 290 g/mol. The van der Waals surface area contributed by atoms with Gasteiger partial charge in [-0.15, -0.1) is 0 Å². The quantitative estimate of drug-likeness (QED) is 0.935. The van der Waals surface area contributed by atoms with Crippen molar-refractivity contribution in [1.29, 1.82) is 0 Å². The Balaban J connectivity index is 1.81. The van der Waals surface area contributed by atoms with Gasteiger partial charge in [0.05, 0.1) is 30.6 Å². The maximum atomic E-state index is 5.60. The van der Waals surface area contributed by atoms with Gasteiger partial charge in [0.15, 0.2) is 0 Å². The van der Waals surface area contributed by atoms with Gasteiger partial charge in [0.25, 0.3) is 0 Å². The van der Waals surface area contributed by atoms with E-state index < -0.39 is 0 Å². The standard InChI is InChI=1S/C15H22N4O2/c1-9-6-16-14(21-9)8-19-7-12(20-4)5-13(19)15-17-10(2)11(3)18-15/h6,12-13H,5,7-8H2,1-4H3,(H,17,18)/t12-,13+/m1/s1. The summed E-state index contributed by atoms with van der Waals surface area (Å²) in [6.07, 6.45) is 2.91. The molecule has 0 aliphatic carbocycles. The number of likely N-dealkylation sites (tertiary alicyclic amines) is 1. The smallest absolute Gasteiger partial charge is 0.208 e. The number of aryl methyl sites for hydroxylation is 3. The Hall–Kier alpha value is -1.66. The minimum absolute atomic E-state index is 0.217. The molecule has 1 saturated heterocycles. The molecular formula is C15H22N4O2. The number of ether oxygens (including phenoxy) is 1. The topological polar surface area (TPSA) is 67.2 Å². The molecule has 2 atom stereocenters. The molecule has 0 radical (unpaired) electrons. The highest BCUT2D eigenvalue weighted by Gasteiger charge is 2.35. The molecule has 1 N–H and O–H groups in total. The number of rotatable bonds is 4. The van der Waals surface area contributed by atoms with E-state index in [2.05, 4.69) is 26.8 Å². The van der Waals surface area contributed by atoms with E-state index in [1.54, 1.807) is 13.3 Å². The Morgan fingerprint density at radius 3 is 2.81 bits per heavy atom. The first kappa shape index (κ1) is 14.3. The summed E-state index contributed by atoms with van der Waals surface area (Å²) in [5.41, 5.74) is 2.18. The zero-order chi connectivity index (χ0) is 15.0. The van der Waals surface area contributed by atoms with E-state index in [1.165, 1.54) is 0 Å². The van der Waals surface area contributed by atoms with E-state index >= 15 is 0 Å². The minimum atomic E-state index is 0.217. The number of oxazole rings is 1. The summed E-state index contributed by atoms with van der Waals surface area (Å²) >= 11 is 0. The second-order valence-corrected chi connectivity index (χ2v) is 5.74. The molecule has 0 unspecified atom stereocenters. The maximum absolute atomic E-state index is 5.60. The van der Waals surface area contributed by atoms with Crippen molar-refractivity contribution in [3.8, 4) is 0 Å². The largest absolute Gasteiger partial charge is 0.445 e. The molecule has 6 heteroatoms. The van der Waals surface area contributed by atoms with Gasteiger partial charge in [-0.25, -0.2) is 9.97 Å². The number of imidazole rings is 1. The highest BCUT2D eigenvalue weighted by Crippen LogP contribution is 2.33. The average Bonchev–Trinajstić information content (AvgIpc) is 3.12. The molecule has 2 aromatic rings. The number of aromatic amines is 1. The lowest BCUT2D eigenvalue weighted by molar-refractivity contribution is 0.106. The number of nitrogens with one attached hydrogen (secondary N) is 1. The van der Waals surface area contributed by atoms with Crippen molar-refractivity contribution in [1.82, 2.24) is 19.9 Å². The molecule has 3 heterocycles. The van der Waals surface area contributed by atoms with Crippen LogP contribution < -0.4 is 0 Å². The van der Waals surface area contributed by atoms with Gasteiger partial charge in [-0.05, 0) is 27.2 Å². The van der Waals surface area contributed by atoms with Crippen molar-refractivity contribution in [3.05, 3.63) is 35.1 Å². The predicted molar refractivity (Wildman–Crippen MR) is 77.9 cm³/mol. The summed E-state index contributed by atoms with van der Waals surface area (Å²) in [4.78, 5) is 14.7. The first-order valence-electron chi connectivity index (χ1n) is 7.28. The fourth-order valence-electron chi connectivity index (χ4n) is 2.87. The predicted octanol–water partition coefficient (Wildman–Crippen LogP) is 2.28. The number of H-pyrrole nitrogens is 1. The van der Waals surface area contributed by atoms with Crippen LogP contribution in [-0.2, 0) is 11.3 Å². The maximum Gasteiger partial charge on any atom is 0.208 e. The van der Waals surface area contributed by atoms with Crippen LogP contribution in [0.1, 0.15) is 41.3 Å². The van der Waals surface area contributed by atoms with Crippen molar-refractivity contribution < 1.29 is 9.15 Å². The molecule has 1 aliphatic heterocycles. The first-order chi connectivity index (χ1) is 10.1. The summed E-state index contributed by atoms with van der Waals surface area (Å²) in [6, 6.07) is 0.217. The van der Waals surface area contributed by atoms with Gasteiger partial charge < -0.3 is 14.1 Å². The zero-order valence-corrected chi connectivity index (χ0v) is 13.0. The molecule has 21 heavy (non-hydrogen) atoms. The summed E-state index contributed by atoms with van der Waals surface area (Å²) < 4.78 is 11.1. The van der Waals surface area contributed by atoms with Gasteiger partial charge in [0.1, 0.15) is 11.6 Å². The van der Waals surface area contributed by atoms with Crippen LogP contribution in [-0.4, -0.2) is 39.6 Å². The molecule has 0 bridgehead atoms. The van der Waals surface area contributed by atoms with Crippen LogP contribution in [0.4, 0.5) is 0 Å².